The fourth-order valence-corrected chi connectivity index (χ4v) is 3.57. The highest BCUT2D eigenvalue weighted by atomic mass is 16.5. The van der Waals surface area contributed by atoms with E-state index in [4.69, 9.17) is 15.7 Å². The molecule has 0 amide bonds. The van der Waals surface area contributed by atoms with Crippen LogP contribution in [-0.2, 0) is 6.42 Å². The normalized spacial score (nSPS) is 20.3. The standard InChI is InChI=1S/C19H35N5O/c1-2-3-4-5-6-7-8-9-10-11-12-18-22-19(25-23-18)16-13-14-17(21)24(16)15-20/h15-17,20H,2-14,21H2,1H3. The zero-order chi connectivity index (χ0) is 17.9. The van der Waals surface area contributed by atoms with Gasteiger partial charge in [0.05, 0.1) is 12.5 Å². The second kappa shape index (κ2) is 11.2. The van der Waals surface area contributed by atoms with Gasteiger partial charge in [-0.05, 0) is 19.3 Å². The number of nitrogens with one attached hydrogen (secondary N) is 1. The Balaban J connectivity index is 1.57. The zero-order valence-corrected chi connectivity index (χ0v) is 15.8. The first-order chi connectivity index (χ1) is 12.3. The van der Waals surface area contributed by atoms with Gasteiger partial charge in [0.2, 0.25) is 5.89 Å². The van der Waals surface area contributed by atoms with Gasteiger partial charge in [0.25, 0.3) is 0 Å². The summed E-state index contributed by atoms with van der Waals surface area (Å²) in [5, 5.41) is 11.6. The summed E-state index contributed by atoms with van der Waals surface area (Å²) >= 11 is 0. The van der Waals surface area contributed by atoms with Crippen LogP contribution in [0.2, 0.25) is 0 Å². The second-order valence-electron chi connectivity index (χ2n) is 7.22. The van der Waals surface area contributed by atoms with E-state index in [0.29, 0.717) is 5.89 Å². The van der Waals surface area contributed by atoms with Gasteiger partial charge < -0.3 is 15.2 Å². The summed E-state index contributed by atoms with van der Waals surface area (Å²) in [6.07, 6.45) is 17.1. The molecule has 6 heteroatoms. The summed E-state index contributed by atoms with van der Waals surface area (Å²) in [5.41, 5.74) is 5.98. The van der Waals surface area contributed by atoms with Crippen LogP contribution < -0.4 is 5.73 Å². The number of nitrogens with zero attached hydrogens (tertiary/aromatic N) is 3. The molecule has 0 radical (unpaired) electrons. The molecule has 1 aliphatic rings. The molecule has 1 fully saturated rings. The number of hydrogen-bond acceptors (Lipinski definition) is 5. The third-order valence-corrected chi connectivity index (χ3v) is 5.15. The average molecular weight is 350 g/mol. The molecule has 2 atom stereocenters. The van der Waals surface area contributed by atoms with Gasteiger partial charge >= 0.3 is 0 Å². The molecular formula is C19H35N5O. The molecule has 0 aromatic carbocycles. The Labute approximate surface area is 152 Å². The van der Waals surface area contributed by atoms with Gasteiger partial charge in [-0.1, -0.05) is 69.9 Å². The Bertz CT molecular complexity index is 490. The van der Waals surface area contributed by atoms with Gasteiger partial charge in [-0.3, -0.25) is 5.41 Å². The molecule has 1 aromatic rings. The molecule has 0 saturated carbocycles. The molecule has 142 valence electrons. The van der Waals surface area contributed by atoms with Crippen molar-refractivity contribution in [2.24, 2.45) is 5.73 Å². The van der Waals surface area contributed by atoms with E-state index in [1.165, 1.54) is 64.1 Å². The first-order valence-electron chi connectivity index (χ1n) is 10.1. The minimum Gasteiger partial charge on any atom is -0.337 e. The van der Waals surface area contributed by atoms with Crippen LogP contribution in [0.4, 0.5) is 0 Å². The van der Waals surface area contributed by atoms with Gasteiger partial charge in [0, 0.05) is 6.42 Å². The monoisotopic (exact) mass is 349 g/mol. The lowest BCUT2D eigenvalue weighted by Crippen LogP contribution is -2.36. The third kappa shape index (κ3) is 6.42. The lowest BCUT2D eigenvalue weighted by atomic mass is 10.1. The van der Waals surface area contributed by atoms with Crippen LogP contribution in [0.1, 0.15) is 102 Å². The van der Waals surface area contributed by atoms with Crippen LogP contribution in [0.25, 0.3) is 0 Å². The molecule has 3 N–H and O–H groups in total. The maximum absolute atomic E-state index is 7.49. The largest absolute Gasteiger partial charge is 0.337 e. The van der Waals surface area contributed by atoms with Gasteiger partial charge in [0.1, 0.15) is 6.04 Å². The summed E-state index contributed by atoms with van der Waals surface area (Å²) in [4.78, 5) is 6.33. The smallest absolute Gasteiger partial charge is 0.249 e. The summed E-state index contributed by atoms with van der Waals surface area (Å²) in [6.45, 7) is 2.26. The van der Waals surface area contributed by atoms with Crippen LogP contribution in [0.15, 0.2) is 4.52 Å². The summed E-state index contributed by atoms with van der Waals surface area (Å²) in [7, 11) is 0. The predicted octanol–water partition coefficient (Wildman–Crippen LogP) is 4.56. The van der Waals surface area contributed by atoms with E-state index in [9.17, 15) is 0 Å². The molecule has 2 unspecified atom stereocenters. The molecule has 0 bridgehead atoms. The summed E-state index contributed by atoms with van der Waals surface area (Å²) in [5.74, 6) is 1.40. The minimum atomic E-state index is -0.111. The average Bonchev–Trinajstić information content (AvgIpc) is 3.22. The summed E-state index contributed by atoms with van der Waals surface area (Å²) < 4.78 is 5.41. The Morgan fingerprint density at radius 2 is 1.72 bits per heavy atom. The lowest BCUT2D eigenvalue weighted by molar-refractivity contribution is 0.259. The van der Waals surface area contributed by atoms with E-state index in [1.807, 2.05) is 0 Å². The SMILES string of the molecule is CCCCCCCCCCCCc1noc(C2CCC(N)N2C=N)n1. The van der Waals surface area contributed by atoms with E-state index < -0.39 is 0 Å². The number of likely N-dealkylation sites (tertiary alicyclic amines) is 1. The van der Waals surface area contributed by atoms with Crippen molar-refractivity contribution in [1.29, 1.82) is 5.41 Å². The quantitative estimate of drug-likeness (QED) is 0.309. The van der Waals surface area contributed by atoms with Crippen molar-refractivity contribution in [3.8, 4) is 0 Å². The molecular weight excluding hydrogens is 314 g/mol. The van der Waals surface area contributed by atoms with Gasteiger partial charge in [0.15, 0.2) is 5.82 Å². The van der Waals surface area contributed by atoms with Crippen molar-refractivity contribution in [2.75, 3.05) is 0 Å². The molecule has 2 rings (SSSR count). The lowest BCUT2D eigenvalue weighted by Gasteiger charge is -2.22. The van der Waals surface area contributed by atoms with E-state index in [-0.39, 0.29) is 12.2 Å². The highest BCUT2D eigenvalue weighted by Crippen LogP contribution is 2.32. The maximum Gasteiger partial charge on any atom is 0.249 e. The molecule has 0 aliphatic carbocycles. The van der Waals surface area contributed by atoms with Gasteiger partial charge in [-0.25, -0.2) is 0 Å². The van der Waals surface area contributed by atoms with Crippen molar-refractivity contribution >= 4 is 6.34 Å². The molecule has 25 heavy (non-hydrogen) atoms. The van der Waals surface area contributed by atoms with Crippen molar-refractivity contribution in [2.45, 2.75) is 103 Å². The molecule has 1 saturated heterocycles. The maximum atomic E-state index is 7.49. The highest BCUT2D eigenvalue weighted by molar-refractivity contribution is 5.52. The zero-order valence-electron chi connectivity index (χ0n) is 15.8. The Morgan fingerprint density at radius 1 is 1.08 bits per heavy atom. The fraction of sp³-hybridized carbons (Fsp3) is 0.842. The topological polar surface area (TPSA) is 92.0 Å². The van der Waals surface area contributed by atoms with Gasteiger partial charge in [-0.15, -0.1) is 0 Å². The Kier molecular flexibility index (Phi) is 8.94. The van der Waals surface area contributed by atoms with Crippen molar-refractivity contribution in [3.63, 3.8) is 0 Å². The fourth-order valence-electron chi connectivity index (χ4n) is 3.57. The number of hydrogen-bond donors (Lipinski definition) is 2. The Hall–Kier alpha value is -1.43. The van der Waals surface area contributed by atoms with Crippen molar-refractivity contribution < 1.29 is 4.52 Å². The van der Waals surface area contributed by atoms with Crippen molar-refractivity contribution in [1.82, 2.24) is 15.0 Å². The van der Waals surface area contributed by atoms with Crippen LogP contribution in [0.3, 0.4) is 0 Å². The predicted molar refractivity (Wildman–Crippen MR) is 100 cm³/mol. The molecule has 1 aliphatic heterocycles. The van der Waals surface area contributed by atoms with E-state index in [1.54, 1.807) is 4.90 Å². The first-order valence-corrected chi connectivity index (χ1v) is 10.1. The molecule has 6 nitrogen and oxygen atoms in total. The molecule has 2 heterocycles. The first kappa shape index (κ1) is 19.9. The van der Waals surface area contributed by atoms with E-state index in [2.05, 4.69) is 17.1 Å². The Morgan fingerprint density at radius 3 is 2.36 bits per heavy atom. The van der Waals surface area contributed by atoms with E-state index in [0.717, 1.165) is 31.5 Å². The highest BCUT2D eigenvalue weighted by Gasteiger charge is 2.33. The van der Waals surface area contributed by atoms with Crippen molar-refractivity contribution in [3.05, 3.63) is 11.7 Å². The van der Waals surface area contributed by atoms with Crippen LogP contribution >= 0.6 is 0 Å². The van der Waals surface area contributed by atoms with Crippen LogP contribution in [-0.4, -0.2) is 27.5 Å². The number of unbranched alkanes of at least 4 members (excludes halogenated alkanes) is 9. The van der Waals surface area contributed by atoms with E-state index >= 15 is 0 Å². The molecule has 1 aromatic heterocycles. The summed E-state index contributed by atoms with van der Waals surface area (Å²) in [6, 6.07) is -0.0264. The molecule has 0 spiro atoms. The van der Waals surface area contributed by atoms with Gasteiger partial charge in [-0.2, -0.15) is 4.98 Å². The van der Waals surface area contributed by atoms with Crippen LogP contribution in [0, 0.1) is 5.41 Å². The minimum absolute atomic E-state index is 0.0264. The third-order valence-electron chi connectivity index (χ3n) is 5.15. The second-order valence-corrected chi connectivity index (χ2v) is 7.22. The number of aryl methyl sites for hydroxylation is 1. The number of aromatic nitrogens is 2. The number of rotatable bonds is 13. The number of nitrogens with two attached hydrogens (primary N) is 1. The van der Waals surface area contributed by atoms with Crippen LogP contribution in [0.5, 0.6) is 0 Å².